The van der Waals surface area contributed by atoms with Gasteiger partial charge in [0, 0.05) is 0 Å². The first-order valence-electron chi connectivity index (χ1n) is 6.05. The Morgan fingerprint density at radius 3 is 2.60 bits per heavy atom. The van der Waals surface area contributed by atoms with Gasteiger partial charge in [-0.1, -0.05) is 32.0 Å². The van der Waals surface area contributed by atoms with Crippen LogP contribution in [0.5, 0.6) is 0 Å². The van der Waals surface area contributed by atoms with Gasteiger partial charge in [-0.3, -0.25) is 0 Å². The lowest BCUT2D eigenvalue weighted by atomic mass is 9.97. The van der Waals surface area contributed by atoms with Crippen molar-refractivity contribution in [3.63, 3.8) is 0 Å². The van der Waals surface area contributed by atoms with Crippen LogP contribution in [0.25, 0.3) is 0 Å². The van der Waals surface area contributed by atoms with E-state index in [9.17, 15) is 0 Å². The van der Waals surface area contributed by atoms with Crippen LogP contribution in [0.2, 0.25) is 0 Å². The van der Waals surface area contributed by atoms with Crippen LogP contribution in [0.4, 0.5) is 0 Å². The van der Waals surface area contributed by atoms with Crippen LogP contribution in [0.15, 0.2) is 18.2 Å². The molecule has 0 saturated carbocycles. The van der Waals surface area contributed by atoms with Gasteiger partial charge in [0.1, 0.15) is 0 Å². The fourth-order valence-corrected chi connectivity index (χ4v) is 2.02. The maximum Gasteiger partial charge on any atom is 0.0813 e. The van der Waals surface area contributed by atoms with Crippen molar-refractivity contribution in [2.24, 2.45) is 0 Å². The average molecular weight is 204 g/mol. The standard InChI is InChI=1S/C14H20O/c1-3-11-5-6-13(12(4-2)9-11)7-8-14-10-15-14/h5-6,9,14H,3-4,7-8,10H2,1-2H3. The first-order valence-corrected chi connectivity index (χ1v) is 6.05. The van der Waals surface area contributed by atoms with Crippen molar-refractivity contribution < 1.29 is 4.74 Å². The molecule has 0 aromatic heterocycles. The molecule has 1 aromatic carbocycles. The Hall–Kier alpha value is -0.820. The third-order valence-corrected chi connectivity index (χ3v) is 3.20. The average Bonchev–Trinajstić information content (AvgIpc) is 3.10. The molecule has 1 aliphatic heterocycles. The highest BCUT2D eigenvalue weighted by molar-refractivity contribution is 5.32. The second-order valence-corrected chi connectivity index (χ2v) is 4.30. The summed E-state index contributed by atoms with van der Waals surface area (Å²) in [5, 5.41) is 0. The lowest BCUT2D eigenvalue weighted by Gasteiger charge is -2.09. The van der Waals surface area contributed by atoms with Gasteiger partial charge >= 0.3 is 0 Å². The van der Waals surface area contributed by atoms with Crippen LogP contribution in [0.3, 0.4) is 0 Å². The molecule has 1 fully saturated rings. The molecule has 0 spiro atoms. The van der Waals surface area contributed by atoms with Gasteiger partial charge in [0.25, 0.3) is 0 Å². The summed E-state index contributed by atoms with van der Waals surface area (Å²) in [5.41, 5.74) is 4.50. The number of hydrogen-bond donors (Lipinski definition) is 0. The maximum atomic E-state index is 5.25. The number of ether oxygens (including phenoxy) is 1. The highest BCUT2D eigenvalue weighted by atomic mass is 16.6. The quantitative estimate of drug-likeness (QED) is 0.671. The Kier molecular flexibility index (Phi) is 3.42. The Morgan fingerprint density at radius 1 is 1.20 bits per heavy atom. The third-order valence-electron chi connectivity index (χ3n) is 3.20. The molecule has 0 radical (unpaired) electrons. The van der Waals surface area contributed by atoms with Gasteiger partial charge in [-0.15, -0.1) is 0 Å². The largest absolute Gasteiger partial charge is 0.373 e. The number of aryl methyl sites for hydroxylation is 3. The van der Waals surface area contributed by atoms with E-state index in [1.807, 2.05) is 0 Å². The van der Waals surface area contributed by atoms with Crippen molar-refractivity contribution in [1.82, 2.24) is 0 Å². The molecule has 1 heteroatoms. The van der Waals surface area contributed by atoms with E-state index in [4.69, 9.17) is 4.74 Å². The first kappa shape index (κ1) is 10.7. The van der Waals surface area contributed by atoms with Crippen LogP contribution in [0, 0.1) is 0 Å². The highest BCUT2D eigenvalue weighted by Crippen LogP contribution is 2.20. The molecule has 15 heavy (non-hydrogen) atoms. The molecule has 1 aliphatic rings. The second-order valence-electron chi connectivity index (χ2n) is 4.30. The minimum absolute atomic E-state index is 0.556. The normalized spacial score (nSPS) is 19.2. The second kappa shape index (κ2) is 4.80. The molecular formula is C14H20O. The summed E-state index contributed by atoms with van der Waals surface area (Å²) in [4.78, 5) is 0. The molecule has 1 heterocycles. The predicted molar refractivity (Wildman–Crippen MR) is 63.3 cm³/mol. The summed E-state index contributed by atoms with van der Waals surface area (Å²) in [6, 6.07) is 6.94. The molecular weight excluding hydrogens is 184 g/mol. The minimum atomic E-state index is 0.556. The molecule has 1 aromatic rings. The molecule has 1 nitrogen and oxygen atoms in total. The van der Waals surface area contributed by atoms with E-state index >= 15 is 0 Å². The molecule has 0 amide bonds. The van der Waals surface area contributed by atoms with Crippen molar-refractivity contribution in [2.45, 2.75) is 45.6 Å². The van der Waals surface area contributed by atoms with E-state index in [1.54, 1.807) is 0 Å². The van der Waals surface area contributed by atoms with Crippen LogP contribution < -0.4 is 0 Å². The third kappa shape index (κ3) is 2.82. The van der Waals surface area contributed by atoms with E-state index in [1.165, 1.54) is 29.5 Å². The van der Waals surface area contributed by atoms with Gasteiger partial charge in [0.15, 0.2) is 0 Å². The Bertz CT molecular complexity index is 326. The Morgan fingerprint density at radius 2 is 2.00 bits per heavy atom. The zero-order valence-electron chi connectivity index (χ0n) is 9.75. The van der Waals surface area contributed by atoms with Crippen molar-refractivity contribution >= 4 is 0 Å². The zero-order chi connectivity index (χ0) is 10.7. The first-order chi connectivity index (χ1) is 7.33. The molecule has 1 unspecified atom stereocenters. The Labute approximate surface area is 92.5 Å². The summed E-state index contributed by atoms with van der Waals surface area (Å²) < 4.78 is 5.25. The zero-order valence-corrected chi connectivity index (χ0v) is 9.75. The van der Waals surface area contributed by atoms with Crippen molar-refractivity contribution in [1.29, 1.82) is 0 Å². The highest BCUT2D eigenvalue weighted by Gasteiger charge is 2.21. The molecule has 1 saturated heterocycles. The van der Waals surface area contributed by atoms with Crippen LogP contribution in [0.1, 0.15) is 37.0 Å². The van der Waals surface area contributed by atoms with E-state index in [0.29, 0.717) is 6.10 Å². The van der Waals surface area contributed by atoms with E-state index in [0.717, 1.165) is 19.4 Å². The van der Waals surface area contributed by atoms with Crippen molar-refractivity contribution in [2.75, 3.05) is 6.61 Å². The summed E-state index contributed by atoms with van der Waals surface area (Å²) >= 11 is 0. The van der Waals surface area contributed by atoms with E-state index in [-0.39, 0.29) is 0 Å². The molecule has 0 bridgehead atoms. The number of rotatable bonds is 5. The predicted octanol–water partition coefficient (Wildman–Crippen LogP) is 3.14. The lowest BCUT2D eigenvalue weighted by Crippen LogP contribution is -1.97. The van der Waals surface area contributed by atoms with E-state index in [2.05, 4.69) is 32.0 Å². The fourth-order valence-electron chi connectivity index (χ4n) is 2.02. The van der Waals surface area contributed by atoms with Gasteiger partial charge in [-0.2, -0.15) is 0 Å². The lowest BCUT2D eigenvalue weighted by molar-refractivity contribution is 0.396. The molecule has 2 rings (SSSR count). The smallest absolute Gasteiger partial charge is 0.0813 e. The van der Waals surface area contributed by atoms with Gasteiger partial charge in [0.05, 0.1) is 12.7 Å². The molecule has 1 atom stereocenters. The minimum Gasteiger partial charge on any atom is -0.373 e. The topological polar surface area (TPSA) is 12.5 Å². The number of epoxide rings is 1. The molecule has 82 valence electrons. The summed E-state index contributed by atoms with van der Waals surface area (Å²) in [6.07, 6.45) is 5.21. The molecule has 0 N–H and O–H groups in total. The number of benzene rings is 1. The van der Waals surface area contributed by atoms with Gasteiger partial charge in [-0.25, -0.2) is 0 Å². The fraction of sp³-hybridized carbons (Fsp3) is 0.571. The van der Waals surface area contributed by atoms with Crippen molar-refractivity contribution in [3.8, 4) is 0 Å². The summed E-state index contributed by atoms with van der Waals surface area (Å²) in [6.45, 7) is 5.44. The van der Waals surface area contributed by atoms with Gasteiger partial charge in [0.2, 0.25) is 0 Å². The maximum absolute atomic E-state index is 5.25. The van der Waals surface area contributed by atoms with Crippen LogP contribution in [-0.4, -0.2) is 12.7 Å². The number of hydrogen-bond acceptors (Lipinski definition) is 1. The van der Waals surface area contributed by atoms with E-state index < -0.39 is 0 Å². The van der Waals surface area contributed by atoms with Crippen LogP contribution >= 0.6 is 0 Å². The Balaban J connectivity index is 2.06. The SMILES string of the molecule is CCc1ccc(CCC2CO2)c(CC)c1. The van der Waals surface area contributed by atoms with Crippen molar-refractivity contribution in [3.05, 3.63) is 34.9 Å². The summed E-state index contributed by atoms with van der Waals surface area (Å²) in [7, 11) is 0. The van der Waals surface area contributed by atoms with Crippen LogP contribution in [-0.2, 0) is 24.0 Å². The monoisotopic (exact) mass is 204 g/mol. The summed E-state index contributed by atoms with van der Waals surface area (Å²) in [5.74, 6) is 0. The van der Waals surface area contributed by atoms with Gasteiger partial charge in [-0.05, 0) is 42.4 Å². The molecule has 0 aliphatic carbocycles. The van der Waals surface area contributed by atoms with Gasteiger partial charge < -0.3 is 4.74 Å².